The van der Waals surface area contributed by atoms with Gasteiger partial charge in [-0.25, -0.2) is 4.79 Å². The van der Waals surface area contributed by atoms with Crippen molar-refractivity contribution in [2.45, 2.75) is 113 Å². The summed E-state index contributed by atoms with van der Waals surface area (Å²) in [6.45, 7) is 2.03. The van der Waals surface area contributed by atoms with E-state index < -0.39 is 78.4 Å². The van der Waals surface area contributed by atoms with Gasteiger partial charge in [-0.2, -0.15) is 0 Å². The predicted octanol–water partition coefficient (Wildman–Crippen LogP) is -1.18. The molecule has 0 spiro atoms. The van der Waals surface area contributed by atoms with Crippen LogP contribution in [-0.4, -0.2) is 97.5 Å². The molecule has 0 saturated carbocycles. The molecule has 2 aliphatic heterocycles. The normalized spacial score (nSPS) is 29.5. The van der Waals surface area contributed by atoms with Gasteiger partial charge >= 0.3 is 5.69 Å². The molecule has 15 heteroatoms. The van der Waals surface area contributed by atoms with Crippen molar-refractivity contribution < 1.29 is 39.4 Å². The fraction of sp³-hybridized carbons (Fsp3) is 0.633. The first-order valence-electron chi connectivity index (χ1n) is 15.4. The number of nitrogens with one attached hydrogen (secondary N) is 2. The number of carbonyl (C=O) groups excluding carboxylic acids is 1. The number of unbranched alkanes of at least 4 members (excludes halogenated alkanes) is 5. The predicted molar refractivity (Wildman–Crippen MR) is 162 cm³/mol. The van der Waals surface area contributed by atoms with Gasteiger partial charge in [0.15, 0.2) is 12.5 Å². The number of aliphatic hydroxyl groups is 4. The van der Waals surface area contributed by atoms with E-state index in [2.05, 4.69) is 12.2 Å². The van der Waals surface area contributed by atoms with Crippen LogP contribution < -0.4 is 28.0 Å². The van der Waals surface area contributed by atoms with E-state index in [0.29, 0.717) is 5.69 Å². The van der Waals surface area contributed by atoms with Gasteiger partial charge in [-0.3, -0.25) is 19.1 Å². The molecule has 0 aliphatic carbocycles. The molecule has 4 rings (SSSR count). The topological polar surface area (TPSA) is 245 Å². The summed E-state index contributed by atoms with van der Waals surface area (Å²) in [4.78, 5) is 39.3. The van der Waals surface area contributed by atoms with E-state index in [9.17, 15) is 34.8 Å². The van der Waals surface area contributed by atoms with Crippen LogP contribution in [0.2, 0.25) is 0 Å². The van der Waals surface area contributed by atoms with Crippen LogP contribution >= 0.6 is 0 Å². The lowest BCUT2D eigenvalue weighted by Crippen LogP contribution is -2.56. The second-order valence-corrected chi connectivity index (χ2v) is 11.6. The third-order valence-corrected chi connectivity index (χ3v) is 8.26. The molecule has 250 valence electrons. The van der Waals surface area contributed by atoms with Gasteiger partial charge in [0.25, 0.3) is 5.56 Å². The minimum Gasteiger partial charge on any atom is -0.387 e. The van der Waals surface area contributed by atoms with E-state index in [-0.39, 0.29) is 6.54 Å². The molecule has 1 amide bonds. The molecule has 2 saturated heterocycles. The minimum atomic E-state index is -1.74. The van der Waals surface area contributed by atoms with E-state index in [1.165, 1.54) is 25.7 Å². The number of aryl methyl sites for hydroxylation is 1. The Labute approximate surface area is 260 Å². The number of H-pyrrole nitrogens is 1. The van der Waals surface area contributed by atoms with Crippen molar-refractivity contribution in [1.29, 1.82) is 0 Å². The molecular formula is C30H45N5O10. The zero-order valence-electron chi connectivity index (χ0n) is 25.2. The number of aliphatic hydroxyl groups excluding tert-OH is 4. The van der Waals surface area contributed by atoms with Gasteiger partial charge < -0.3 is 51.4 Å². The highest BCUT2D eigenvalue weighted by molar-refractivity contribution is 5.95. The average molecular weight is 636 g/mol. The first-order chi connectivity index (χ1) is 21.5. The first-order valence-corrected chi connectivity index (χ1v) is 15.4. The number of benzene rings is 1. The fourth-order valence-electron chi connectivity index (χ4n) is 5.60. The molecule has 3 heterocycles. The monoisotopic (exact) mass is 635 g/mol. The van der Waals surface area contributed by atoms with Gasteiger partial charge in [-0.05, 0) is 30.5 Å². The van der Waals surface area contributed by atoms with E-state index in [1.807, 2.05) is 17.1 Å². The maximum Gasteiger partial charge on any atom is 0.330 e. The van der Waals surface area contributed by atoms with Crippen LogP contribution in [0.5, 0.6) is 0 Å². The summed E-state index contributed by atoms with van der Waals surface area (Å²) < 4.78 is 18.1. The van der Waals surface area contributed by atoms with E-state index >= 15 is 0 Å². The molecule has 1 aromatic carbocycles. The number of ether oxygens (including phenoxy) is 3. The lowest BCUT2D eigenvalue weighted by atomic mass is 9.98. The molecular weight excluding hydrogens is 590 g/mol. The van der Waals surface area contributed by atoms with Crippen LogP contribution in [0.4, 0.5) is 5.69 Å². The van der Waals surface area contributed by atoms with Crippen molar-refractivity contribution >= 4 is 11.6 Å². The Balaban J connectivity index is 1.49. The number of aromatic nitrogens is 2. The molecule has 0 radical (unpaired) electrons. The molecule has 0 bridgehead atoms. The number of anilines is 1. The quantitative estimate of drug-likeness (QED) is 0.108. The molecule has 45 heavy (non-hydrogen) atoms. The summed E-state index contributed by atoms with van der Waals surface area (Å²) in [5, 5.41) is 45.3. The smallest absolute Gasteiger partial charge is 0.330 e. The number of nitrogens with zero attached hydrogens (tertiary/aromatic N) is 1. The number of nitrogens with two attached hydrogens (primary N) is 2. The fourth-order valence-corrected chi connectivity index (χ4v) is 5.60. The second-order valence-electron chi connectivity index (χ2n) is 11.6. The minimum absolute atomic E-state index is 0.150. The molecule has 10 N–H and O–H groups in total. The Morgan fingerprint density at radius 1 is 0.978 bits per heavy atom. The summed E-state index contributed by atoms with van der Waals surface area (Å²) in [5.74, 6) is -0.748. The number of carbonyl (C=O) groups is 1. The third-order valence-electron chi connectivity index (χ3n) is 8.26. The largest absolute Gasteiger partial charge is 0.387 e. The molecule has 15 nitrogen and oxygen atoms in total. The van der Waals surface area contributed by atoms with Crippen LogP contribution in [0.3, 0.4) is 0 Å². The average Bonchev–Trinajstić information content (AvgIpc) is 3.47. The summed E-state index contributed by atoms with van der Waals surface area (Å²) in [5.41, 5.74) is 11.9. The molecule has 2 aliphatic rings. The maximum absolute atomic E-state index is 13.4. The van der Waals surface area contributed by atoms with Crippen molar-refractivity contribution in [3.05, 3.63) is 62.9 Å². The molecule has 1 aromatic heterocycles. The van der Waals surface area contributed by atoms with E-state index in [0.717, 1.165) is 41.7 Å². The lowest BCUT2D eigenvalue weighted by Gasteiger charge is -2.32. The zero-order valence-corrected chi connectivity index (χ0v) is 25.2. The van der Waals surface area contributed by atoms with Gasteiger partial charge in [0.2, 0.25) is 5.91 Å². The second kappa shape index (κ2) is 16.0. The van der Waals surface area contributed by atoms with Gasteiger partial charge in [-0.15, -0.1) is 0 Å². The van der Waals surface area contributed by atoms with Crippen LogP contribution in [-0.2, 0) is 25.4 Å². The number of amides is 1. The molecule has 0 unspecified atom stereocenters. The summed E-state index contributed by atoms with van der Waals surface area (Å²) >= 11 is 0. The lowest BCUT2D eigenvalue weighted by molar-refractivity contribution is -0.224. The number of hydrogen-bond donors (Lipinski definition) is 8. The number of hydrogen-bond acceptors (Lipinski definition) is 12. The van der Waals surface area contributed by atoms with Crippen LogP contribution in [0.15, 0.2) is 46.1 Å². The van der Waals surface area contributed by atoms with Crippen LogP contribution in [0.1, 0.15) is 57.2 Å². The van der Waals surface area contributed by atoms with Crippen molar-refractivity contribution in [1.82, 2.24) is 9.55 Å². The van der Waals surface area contributed by atoms with Crippen molar-refractivity contribution in [3.63, 3.8) is 0 Å². The van der Waals surface area contributed by atoms with Gasteiger partial charge in [-0.1, -0.05) is 51.2 Å². The molecule has 2 fully saturated rings. The van der Waals surface area contributed by atoms with E-state index in [1.54, 1.807) is 12.1 Å². The zero-order chi connectivity index (χ0) is 32.7. The van der Waals surface area contributed by atoms with Gasteiger partial charge in [0.1, 0.15) is 48.8 Å². The van der Waals surface area contributed by atoms with E-state index in [4.69, 9.17) is 25.7 Å². The van der Waals surface area contributed by atoms with Crippen molar-refractivity contribution in [2.24, 2.45) is 11.5 Å². The third kappa shape index (κ3) is 8.44. The van der Waals surface area contributed by atoms with Crippen molar-refractivity contribution in [3.8, 4) is 0 Å². The molecule has 2 aromatic rings. The Kier molecular flexibility index (Phi) is 12.4. The summed E-state index contributed by atoms with van der Waals surface area (Å²) in [7, 11) is 0. The number of aromatic amines is 1. The summed E-state index contributed by atoms with van der Waals surface area (Å²) in [6, 6.07) is 6.75. The highest BCUT2D eigenvalue weighted by Crippen LogP contribution is 2.34. The maximum atomic E-state index is 13.4. The Morgan fingerprint density at radius 3 is 2.31 bits per heavy atom. The Bertz CT molecular complexity index is 1350. The van der Waals surface area contributed by atoms with Crippen LogP contribution in [0, 0.1) is 0 Å². The number of rotatable bonds is 15. The molecule has 10 atom stereocenters. The Morgan fingerprint density at radius 2 is 1.67 bits per heavy atom. The standard InChI is InChI=1S/C30H45N5O10/c1-2-3-4-5-6-7-8-16-9-11-17(12-10-16)33-27(41)20(32)25(45-29-24(40)21(37)18(15-31)43-29)26-22(38)23(39)28(44-26)35-14-13-19(36)34-30(35)42/h9-14,18,20-26,28-29,37-40H,2-8,15,31-32H2,1H3,(H,33,41)(H,34,36,42)/t18-,20+,21-,22+,23-,24-,25+,26+,28-,29+/m1/s1. The first kappa shape index (κ1) is 34.9. The highest BCUT2D eigenvalue weighted by atomic mass is 16.7. The van der Waals surface area contributed by atoms with Gasteiger partial charge in [0, 0.05) is 24.5 Å². The van der Waals surface area contributed by atoms with Crippen LogP contribution in [0.25, 0.3) is 0 Å². The Hall–Kier alpha value is -2.99. The van der Waals surface area contributed by atoms with Crippen molar-refractivity contribution in [2.75, 3.05) is 11.9 Å². The SMILES string of the molecule is CCCCCCCCc1ccc(NC(=O)[C@@H](N)[C@H](O[C@@H]2O[C@H](CN)[C@@H](O)[C@H]2O)[C@H]2O[C@@H](n3ccc(=O)[nH]c3=O)[C@H](O)[C@@H]2O)cc1. The highest BCUT2D eigenvalue weighted by Gasteiger charge is 2.53. The van der Waals surface area contributed by atoms with Gasteiger partial charge in [0.05, 0.1) is 0 Å². The summed E-state index contributed by atoms with van der Waals surface area (Å²) in [6.07, 6.45) is -4.47.